The molecule has 3 N–H and O–H groups in total. The summed E-state index contributed by atoms with van der Waals surface area (Å²) in [6.07, 6.45) is 2.17. The molecule has 1 saturated heterocycles. The molecule has 13 heavy (non-hydrogen) atoms. The van der Waals surface area contributed by atoms with Crippen LogP contribution < -0.4 is 5.73 Å². The fourth-order valence-electron chi connectivity index (χ4n) is 1.47. The second-order valence-corrected chi connectivity index (χ2v) is 3.36. The number of urea groups is 1. The lowest BCUT2D eigenvalue weighted by Crippen LogP contribution is -2.43. The second-order valence-electron chi connectivity index (χ2n) is 3.36. The first-order valence-corrected chi connectivity index (χ1v) is 4.44. The number of likely N-dealkylation sites (tertiary alicyclic amines) is 1. The minimum absolute atomic E-state index is 0.0206. The second kappa shape index (κ2) is 4.11. The van der Waals surface area contributed by atoms with Gasteiger partial charge in [0.1, 0.15) is 5.84 Å². The number of hydrogen-bond acceptors (Lipinski definition) is 2. The molecule has 74 valence electrons. The molecule has 5 heteroatoms. The standard InChI is InChI=1S/C8H16N4O/c1-11(6-7(9)10)8(13)12-4-2-3-5-12/h2-6H2,1H3,(H3,9,10). The highest BCUT2D eigenvalue weighted by Gasteiger charge is 2.21. The summed E-state index contributed by atoms with van der Waals surface area (Å²) in [6, 6.07) is -0.0206. The number of nitrogens with one attached hydrogen (secondary N) is 1. The van der Waals surface area contributed by atoms with Crippen molar-refractivity contribution >= 4 is 11.9 Å². The third-order valence-corrected chi connectivity index (χ3v) is 2.11. The highest BCUT2D eigenvalue weighted by atomic mass is 16.2. The first kappa shape index (κ1) is 9.83. The first-order valence-electron chi connectivity index (χ1n) is 4.44. The molecule has 0 radical (unpaired) electrons. The minimum Gasteiger partial charge on any atom is -0.386 e. The van der Waals surface area contributed by atoms with Gasteiger partial charge in [-0.1, -0.05) is 0 Å². The average molecular weight is 184 g/mol. The topological polar surface area (TPSA) is 73.4 Å². The molecule has 1 fully saturated rings. The Hall–Kier alpha value is -1.26. The van der Waals surface area contributed by atoms with Gasteiger partial charge in [-0.2, -0.15) is 0 Å². The Morgan fingerprint density at radius 2 is 2.08 bits per heavy atom. The molecular formula is C8H16N4O. The lowest BCUT2D eigenvalue weighted by molar-refractivity contribution is 0.178. The van der Waals surface area contributed by atoms with E-state index in [2.05, 4.69) is 0 Å². The summed E-state index contributed by atoms with van der Waals surface area (Å²) in [5.41, 5.74) is 5.20. The maximum Gasteiger partial charge on any atom is 0.320 e. The molecule has 1 aliphatic heterocycles. The Kier molecular flexibility index (Phi) is 3.11. The summed E-state index contributed by atoms with van der Waals surface area (Å²) in [7, 11) is 1.67. The highest BCUT2D eigenvalue weighted by Crippen LogP contribution is 2.09. The molecule has 0 aliphatic carbocycles. The van der Waals surface area contributed by atoms with E-state index in [0.29, 0.717) is 0 Å². The van der Waals surface area contributed by atoms with Gasteiger partial charge in [-0.3, -0.25) is 5.41 Å². The third kappa shape index (κ3) is 2.61. The van der Waals surface area contributed by atoms with Gasteiger partial charge in [0, 0.05) is 20.1 Å². The smallest absolute Gasteiger partial charge is 0.320 e. The molecule has 0 atom stereocenters. The van der Waals surface area contributed by atoms with E-state index in [9.17, 15) is 4.79 Å². The molecule has 1 aliphatic rings. The van der Waals surface area contributed by atoms with Crippen molar-refractivity contribution in [1.29, 1.82) is 5.41 Å². The van der Waals surface area contributed by atoms with Crippen LogP contribution in [0.1, 0.15) is 12.8 Å². The van der Waals surface area contributed by atoms with Crippen LogP contribution >= 0.6 is 0 Å². The lowest BCUT2D eigenvalue weighted by atomic mass is 10.4. The molecule has 0 aromatic carbocycles. The number of likely N-dealkylation sites (N-methyl/N-ethyl adjacent to an activating group) is 1. The third-order valence-electron chi connectivity index (χ3n) is 2.11. The first-order chi connectivity index (χ1) is 6.11. The van der Waals surface area contributed by atoms with Crippen LogP contribution in [-0.4, -0.2) is 48.3 Å². The summed E-state index contributed by atoms with van der Waals surface area (Å²) in [6.45, 7) is 1.89. The van der Waals surface area contributed by atoms with Gasteiger partial charge in [-0.05, 0) is 12.8 Å². The van der Waals surface area contributed by atoms with E-state index in [1.165, 1.54) is 4.90 Å². The summed E-state index contributed by atoms with van der Waals surface area (Å²) < 4.78 is 0. The van der Waals surface area contributed by atoms with Crippen LogP contribution in [0.25, 0.3) is 0 Å². The maximum absolute atomic E-state index is 11.6. The van der Waals surface area contributed by atoms with Crippen molar-refractivity contribution in [3.8, 4) is 0 Å². The molecule has 2 amide bonds. The number of hydrogen-bond donors (Lipinski definition) is 2. The Balaban J connectivity index is 2.41. The van der Waals surface area contributed by atoms with Crippen molar-refractivity contribution in [2.75, 3.05) is 26.7 Å². The van der Waals surface area contributed by atoms with Gasteiger partial charge in [-0.15, -0.1) is 0 Å². The number of nitrogens with two attached hydrogens (primary N) is 1. The zero-order chi connectivity index (χ0) is 9.84. The number of nitrogens with zero attached hydrogens (tertiary/aromatic N) is 2. The number of amidine groups is 1. The van der Waals surface area contributed by atoms with Gasteiger partial charge >= 0.3 is 6.03 Å². The van der Waals surface area contributed by atoms with Gasteiger partial charge in [-0.25, -0.2) is 4.79 Å². The van der Waals surface area contributed by atoms with E-state index in [-0.39, 0.29) is 18.4 Å². The monoisotopic (exact) mass is 184 g/mol. The quantitative estimate of drug-likeness (QED) is 0.471. The fourth-order valence-corrected chi connectivity index (χ4v) is 1.47. The van der Waals surface area contributed by atoms with Gasteiger partial charge in [0.05, 0.1) is 6.54 Å². The van der Waals surface area contributed by atoms with E-state index < -0.39 is 0 Å². The van der Waals surface area contributed by atoms with Crippen molar-refractivity contribution in [1.82, 2.24) is 9.80 Å². The van der Waals surface area contributed by atoms with Gasteiger partial charge in [0.2, 0.25) is 0 Å². The average Bonchev–Trinajstić information content (AvgIpc) is 2.53. The molecule has 0 aromatic rings. The van der Waals surface area contributed by atoms with Gasteiger partial charge in [0.15, 0.2) is 0 Å². The van der Waals surface area contributed by atoms with E-state index in [1.54, 1.807) is 11.9 Å². The number of amides is 2. The van der Waals surface area contributed by atoms with Crippen molar-refractivity contribution < 1.29 is 4.79 Å². The van der Waals surface area contributed by atoms with E-state index in [0.717, 1.165) is 25.9 Å². The molecule has 0 spiro atoms. The normalized spacial score (nSPS) is 15.9. The molecule has 0 aromatic heterocycles. The van der Waals surface area contributed by atoms with Crippen molar-refractivity contribution in [3.05, 3.63) is 0 Å². The molecule has 1 heterocycles. The lowest BCUT2D eigenvalue weighted by Gasteiger charge is -2.23. The largest absolute Gasteiger partial charge is 0.386 e. The SMILES string of the molecule is CN(CC(=N)N)C(=O)N1CCCC1. The number of carbonyl (C=O) groups is 1. The van der Waals surface area contributed by atoms with Gasteiger partial charge in [0.25, 0.3) is 0 Å². The molecule has 1 rings (SSSR count). The van der Waals surface area contributed by atoms with Crippen LogP contribution in [0.5, 0.6) is 0 Å². The predicted molar refractivity (Wildman–Crippen MR) is 50.7 cm³/mol. The molecular weight excluding hydrogens is 168 g/mol. The van der Waals surface area contributed by atoms with E-state index in [1.807, 2.05) is 0 Å². The van der Waals surface area contributed by atoms with Crippen LogP contribution in [0.15, 0.2) is 0 Å². The van der Waals surface area contributed by atoms with Crippen molar-refractivity contribution in [2.24, 2.45) is 5.73 Å². The molecule has 0 bridgehead atoms. The number of rotatable bonds is 2. The number of carbonyl (C=O) groups excluding carboxylic acids is 1. The maximum atomic E-state index is 11.6. The Morgan fingerprint density at radius 1 is 1.54 bits per heavy atom. The van der Waals surface area contributed by atoms with Crippen molar-refractivity contribution in [2.45, 2.75) is 12.8 Å². The zero-order valence-corrected chi connectivity index (χ0v) is 7.92. The molecule has 0 unspecified atom stereocenters. The van der Waals surface area contributed by atoms with Crippen LogP contribution in [0.3, 0.4) is 0 Å². The van der Waals surface area contributed by atoms with Crippen LogP contribution in [0.4, 0.5) is 4.79 Å². The van der Waals surface area contributed by atoms with Crippen LogP contribution in [0.2, 0.25) is 0 Å². The summed E-state index contributed by atoms with van der Waals surface area (Å²) in [5.74, 6) is 0.0232. The molecule has 0 saturated carbocycles. The van der Waals surface area contributed by atoms with Crippen LogP contribution in [0, 0.1) is 5.41 Å². The van der Waals surface area contributed by atoms with E-state index in [4.69, 9.17) is 11.1 Å². The Bertz CT molecular complexity index is 210. The van der Waals surface area contributed by atoms with E-state index >= 15 is 0 Å². The minimum atomic E-state index is -0.0206. The zero-order valence-electron chi connectivity index (χ0n) is 7.92. The summed E-state index contributed by atoms with van der Waals surface area (Å²) in [4.78, 5) is 14.9. The summed E-state index contributed by atoms with van der Waals surface area (Å²) >= 11 is 0. The molecule has 5 nitrogen and oxygen atoms in total. The Labute approximate surface area is 78.0 Å². The fraction of sp³-hybridized carbons (Fsp3) is 0.750. The highest BCUT2D eigenvalue weighted by molar-refractivity contribution is 5.84. The van der Waals surface area contributed by atoms with Crippen LogP contribution in [-0.2, 0) is 0 Å². The van der Waals surface area contributed by atoms with Gasteiger partial charge < -0.3 is 15.5 Å². The van der Waals surface area contributed by atoms with Crippen molar-refractivity contribution in [3.63, 3.8) is 0 Å². The predicted octanol–water partition coefficient (Wildman–Crippen LogP) is 0.0700. The Morgan fingerprint density at radius 3 is 2.54 bits per heavy atom. The summed E-state index contributed by atoms with van der Waals surface area (Å²) in [5, 5.41) is 7.05.